The molecule has 3 rings (SSSR count). The van der Waals surface area contributed by atoms with E-state index in [0.717, 1.165) is 18.8 Å². The molecular formula is C14H18N2O. The number of fused-ring (bicyclic) bond motifs is 3. The highest BCUT2D eigenvalue weighted by atomic mass is 16.5. The van der Waals surface area contributed by atoms with Crippen molar-refractivity contribution in [3.8, 4) is 5.75 Å². The molecule has 2 aromatic rings. The molecule has 0 saturated carbocycles. The Balaban J connectivity index is 2.31. The van der Waals surface area contributed by atoms with Gasteiger partial charge in [-0.2, -0.15) is 0 Å². The lowest BCUT2D eigenvalue weighted by Crippen LogP contribution is -2.26. The van der Waals surface area contributed by atoms with Crippen LogP contribution < -0.4 is 10.1 Å². The molecular weight excluding hydrogens is 212 g/mol. The second kappa shape index (κ2) is 3.77. The molecule has 17 heavy (non-hydrogen) atoms. The first kappa shape index (κ1) is 10.7. The molecule has 2 N–H and O–H groups in total. The summed E-state index contributed by atoms with van der Waals surface area (Å²) in [6.45, 7) is 6.39. The van der Waals surface area contributed by atoms with Crippen LogP contribution in [0.2, 0.25) is 0 Å². The molecule has 0 aliphatic carbocycles. The molecule has 0 saturated heterocycles. The van der Waals surface area contributed by atoms with E-state index >= 15 is 0 Å². The maximum absolute atomic E-state index is 5.36. The highest BCUT2D eigenvalue weighted by Gasteiger charge is 2.21. The quantitative estimate of drug-likeness (QED) is 0.790. The molecule has 0 amide bonds. The van der Waals surface area contributed by atoms with E-state index in [1.54, 1.807) is 7.11 Å². The third-order valence-electron chi connectivity index (χ3n) is 3.70. The van der Waals surface area contributed by atoms with E-state index in [2.05, 4.69) is 36.3 Å². The minimum absolute atomic E-state index is 0.552. The standard InChI is InChI=1S/C14H18N2O/c1-8-4-10(17-3)5-11-12-7-15-6-9(2)14(12)16-13(8)11/h4-5,9,15-16H,6-7H2,1-3H3. The van der Waals surface area contributed by atoms with Gasteiger partial charge in [-0.3, -0.25) is 0 Å². The Morgan fingerprint density at radius 3 is 2.94 bits per heavy atom. The van der Waals surface area contributed by atoms with Crippen molar-refractivity contribution in [3.63, 3.8) is 0 Å². The van der Waals surface area contributed by atoms with Gasteiger partial charge in [-0.1, -0.05) is 6.92 Å². The van der Waals surface area contributed by atoms with Crippen molar-refractivity contribution < 1.29 is 4.74 Å². The molecule has 1 aliphatic rings. The van der Waals surface area contributed by atoms with Gasteiger partial charge in [-0.15, -0.1) is 0 Å². The molecule has 3 nitrogen and oxygen atoms in total. The van der Waals surface area contributed by atoms with E-state index in [4.69, 9.17) is 4.74 Å². The Labute approximate surface area is 101 Å². The van der Waals surface area contributed by atoms with E-state index in [9.17, 15) is 0 Å². The van der Waals surface area contributed by atoms with E-state index in [1.165, 1.54) is 27.7 Å². The average molecular weight is 230 g/mol. The van der Waals surface area contributed by atoms with Crippen LogP contribution in [0.15, 0.2) is 12.1 Å². The van der Waals surface area contributed by atoms with Crippen LogP contribution in [-0.2, 0) is 6.54 Å². The smallest absolute Gasteiger partial charge is 0.119 e. The zero-order valence-corrected chi connectivity index (χ0v) is 10.6. The zero-order valence-electron chi connectivity index (χ0n) is 10.6. The third kappa shape index (κ3) is 1.53. The van der Waals surface area contributed by atoms with Crippen LogP contribution >= 0.6 is 0 Å². The number of benzene rings is 1. The zero-order chi connectivity index (χ0) is 12.0. The molecule has 1 aromatic heterocycles. The minimum atomic E-state index is 0.552. The average Bonchev–Trinajstić information content (AvgIpc) is 2.70. The first-order valence-corrected chi connectivity index (χ1v) is 6.10. The second-order valence-electron chi connectivity index (χ2n) is 4.92. The third-order valence-corrected chi connectivity index (χ3v) is 3.70. The number of ether oxygens (including phenoxy) is 1. The predicted octanol–water partition coefficient (Wildman–Crippen LogP) is 2.69. The van der Waals surface area contributed by atoms with Crippen molar-refractivity contribution in [2.24, 2.45) is 0 Å². The normalized spacial score (nSPS) is 19.4. The molecule has 1 aliphatic heterocycles. The summed E-state index contributed by atoms with van der Waals surface area (Å²) in [4.78, 5) is 3.59. The van der Waals surface area contributed by atoms with Crippen LogP contribution in [0.25, 0.3) is 10.9 Å². The lowest BCUT2D eigenvalue weighted by Gasteiger charge is -2.19. The first-order valence-electron chi connectivity index (χ1n) is 6.10. The summed E-state index contributed by atoms with van der Waals surface area (Å²) in [5.74, 6) is 1.49. The molecule has 0 radical (unpaired) electrons. The van der Waals surface area contributed by atoms with Crippen molar-refractivity contribution in [2.45, 2.75) is 26.3 Å². The summed E-state index contributed by atoms with van der Waals surface area (Å²) in [6, 6.07) is 4.22. The largest absolute Gasteiger partial charge is 0.497 e. The van der Waals surface area contributed by atoms with Crippen LogP contribution in [0.3, 0.4) is 0 Å². The van der Waals surface area contributed by atoms with Gasteiger partial charge in [0.1, 0.15) is 5.75 Å². The van der Waals surface area contributed by atoms with Crippen molar-refractivity contribution >= 4 is 10.9 Å². The van der Waals surface area contributed by atoms with Gasteiger partial charge >= 0.3 is 0 Å². The summed E-state index contributed by atoms with van der Waals surface area (Å²) >= 11 is 0. The number of hydrogen-bond acceptors (Lipinski definition) is 2. The monoisotopic (exact) mass is 230 g/mol. The summed E-state index contributed by atoms with van der Waals surface area (Å²) in [5.41, 5.74) is 5.29. The summed E-state index contributed by atoms with van der Waals surface area (Å²) in [6.07, 6.45) is 0. The van der Waals surface area contributed by atoms with Crippen LogP contribution in [-0.4, -0.2) is 18.6 Å². The summed E-state index contributed by atoms with van der Waals surface area (Å²) in [7, 11) is 1.72. The topological polar surface area (TPSA) is 37.0 Å². The maximum Gasteiger partial charge on any atom is 0.119 e. The van der Waals surface area contributed by atoms with Crippen LogP contribution in [0.4, 0.5) is 0 Å². The number of hydrogen-bond donors (Lipinski definition) is 2. The SMILES string of the molecule is COc1cc(C)c2[nH]c3c(c2c1)CNCC3C. The van der Waals surface area contributed by atoms with Gasteiger partial charge in [0.25, 0.3) is 0 Å². The summed E-state index contributed by atoms with van der Waals surface area (Å²) in [5, 5.41) is 4.77. The van der Waals surface area contributed by atoms with Crippen LogP contribution in [0, 0.1) is 6.92 Å². The van der Waals surface area contributed by atoms with Crippen LogP contribution in [0.5, 0.6) is 5.75 Å². The van der Waals surface area contributed by atoms with Gasteiger partial charge in [0.05, 0.1) is 7.11 Å². The highest BCUT2D eigenvalue weighted by Crippen LogP contribution is 2.34. The van der Waals surface area contributed by atoms with Crippen molar-refractivity contribution in [3.05, 3.63) is 29.0 Å². The fourth-order valence-electron chi connectivity index (χ4n) is 2.76. The van der Waals surface area contributed by atoms with E-state index in [-0.39, 0.29) is 0 Å². The number of aromatic nitrogens is 1. The number of rotatable bonds is 1. The Kier molecular flexibility index (Phi) is 2.37. The number of H-pyrrole nitrogens is 1. The molecule has 2 heterocycles. The molecule has 0 bridgehead atoms. The molecule has 0 spiro atoms. The Morgan fingerprint density at radius 2 is 2.18 bits per heavy atom. The van der Waals surface area contributed by atoms with Crippen molar-refractivity contribution in [1.29, 1.82) is 0 Å². The Bertz CT molecular complexity index is 571. The fourth-order valence-corrected chi connectivity index (χ4v) is 2.76. The van der Waals surface area contributed by atoms with Gasteiger partial charge < -0.3 is 15.0 Å². The van der Waals surface area contributed by atoms with Gasteiger partial charge in [0, 0.05) is 35.6 Å². The van der Waals surface area contributed by atoms with Gasteiger partial charge in [0.2, 0.25) is 0 Å². The number of methoxy groups -OCH3 is 1. The van der Waals surface area contributed by atoms with Crippen molar-refractivity contribution in [2.75, 3.05) is 13.7 Å². The van der Waals surface area contributed by atoms with E-state index in [0.29, 0.717) is 5.92 Å². The lowest BCUT2D eigenvalue weighted by molar-refractivity contribution is 0.415. The predicted molar refractivity (Wildman–Crippen MR) is 69.7 cm³/mol. The molecule has 90 valence electrons. The number of aromatic amines is 1. The molecule has 1 unspecified atom stereocenters. The molecule has 1 atom stereocenters. The number of nitrogens with one attached hydrogen (secondary N) is 2. The Morgan fingerprint density at radius 1 is 1.35 bits per heavy atom. The van der Waals surface area contributed by atoms with Crippen molar-refractivity contribution in [1.82, 2.24) is 10.3 Å². The minimum Gasteiger partial charge on any atom is -0.497 e. The van der Waals surface area contributed by atoms with E-state index < -0.39 is 0 Å². The van der Waals surface area contributed by atoms with Gasteiger partial charge in [-0.25, -0.2) is 0 Å². The van der Waals surface area contributed by atoms with Gasteiger partial charge in [-0.05, 0) is 30.2 Å². The first-order chi connectivity index (χ1) is 8.20. The maximum atomic E-state index is 5.36. The molecule has 0 fully saturated rings. The lowest BCUT2D eigenvalue weighted by atomic mass is 9.98. The summed E-state index contributed by atoms with van der Waals surface area (Å²) < 4.78 is 5.36. The molecule has 3 heteroatoms. The fraction of sp³-hybridized carbons (Fsp3) is 0.429. The Hall–Kier alpha value is -1.48. The second-order valence-corrected chi connectivity index (χ2v) is 4.92. The molecule has 1 aromatic carbocycles. The van der Waals surface area contributed by atoms with Crippen LogP contribution in [0.1, 0.15) is 29.7 Å². The van der Waals surface area contributed by atoms with Gasteiger partial charge in [0.15, 0.2) is 0 Å². The number of aryl methyl sites for hydroxylation is 1. The van der Waals surface area contributed by atoms with E-state index in [1.807, 2.05) is 0 Å². The highest BCUT2D eigenvalue weighted by molar-refractivity contribution is 5.89.